The predicted octanol–water partition coefficient (Wildman–Crippen LogP) is 2.41. The minimum Gasteiger partial charge on any atom is -0.320 e. The van der Waals surface area contributed by atoms with Gasteiger partial charge >= 0.3 is 0 Å². The van der Waals surface area contributed by atoms with Crippen LogP contribution in [0.4, 0.5) is 0 Å². The summed E-state index contributed by atoms with van der Waals surface area (Å²) in [4.78, 5) is 11.8. The minimum atomic E-state index is -3.25. The van der Waals surface area contributed by atoms with Crippen molar-refractivity contribution in [3.8, 4) is 0 Å². The van der Waals surface area contributed by atoms with Gasteiger partial charge in [0.25, 0.3) is 5.91 Å². The number of nitrogens with zero attached hydrogens (tertiary/aromatic N) is 1. The first kappa shape index (κ1) is 19.3. The van der Waals surface area contributed by atoms with E-state index >= 15 is 0 Å². The van der Waals surface area contributed by atoms with Crippen molar-refractivity contribution < 1.29 is 9.00 Å². The zero-order chi connectivity index (χ0) is 14.6. The van der Waals surface area contributed by atoms with Crippen molar-refractivity contribution in [3.05, 3.63) is 23.6 Å². The Hall–Kier alpha value is -0.730. The fourth-order valence-electron chi connectivity index (χ4n) is 1.55. The summed E-state index contributed by atoms with van der Waals surface area (Å²) in [5.74, 6) is -0.363. The van der Waals surface area contributed by atoms with Crippen LogP contribution in [0, 0.1) is 5.92 Å². The highest BCUT2D eigenvalue weighted by Crippen LogP contribution is 2.23. The highest BCUT2D eigenvalue weighted by molar-refractivity contribution is 7.93. The van der Waals surface area contributed by atoms with Gasteiger partial charge in [-0.05, 0) is 23.8 Å². The van der Waals surface area contributed by atoms with Crippen LogP contribution in [0.5, 0.6) is 0 Å². The first-order valence-corrected chi connectivity index (χ1v) is 8.28. The summed E-state index contributed by atoms with van der Waals surface area (Å²) in [5, 5.41) is 7.40. The Morgan fingerprint density at radius 1 is 1.60 bits per heavy atom. The molecule has 0 aliphatic rings. The molecule has 0 aliphatic carbocycles. The molecule has 0 bridgehead atoms. The van der Waals surface area contributed by atoms with E-state index in [0.29, 0.717) is 16.2 Å². The van der Waals surface area contributed by atoms with Crippen LogP contribution in [0.25, 0.3) is 6.08 Å². The van der Waals surface area contributed by atoms with Crippen molar-refractivity contribution in [2.45, 2.75) is 30.5 Å². The number of rotatable bonds is 5. The molecule has 5 nitrogen and oxygen atoms in total. The van der Waals surface area contributed by atoms with Gasteiger partial charge in [0, 0.05) is 5.56 Å². The lowest BCUT2D eigenvalue weighted by atomic mass is 10.0. The van der Waals surface area contributed by atoms with Crippen molar-refractivity contribution in [3.63, 3.8) is 0 Å². The van der Waals surface area contributed by atoms with Gasteiger partial charge in [-0.25, -0.2) is 9.35 Å². The molecule has 0 saturated heterocycles. The highest BCUT2D eigenvalue weighted by atomic mass is 35.5. The van der Waals surface area contributed by atoms with Crippen LogP contribution in [0.1, 0.15) is 25.8 Å². The molecule has 1 aromatic rings. The molecule has 0 aromatic carbocycles. The van der Waals surface area contributed by atoms with Gasteiger partial charge in [0.2, 0.25) is 0 Å². The fourth-order valence-corrected chi connectivity index (χ4v) is 3.98. The largest absolute Gasteiger partial charge is 0.320 e. The van der Waals surface area contributed by atoms with E-state index in [-0.39, 0.29) is 18.3 Å². The van der Waals surface area contributed by atoms with Gasteiger partial charge in [0.15, 0.2) is 9.92 Å². The maximum Gasteiger partial charge on any atom is 0.271 e. The molecule has 1 rings (SSSR count). The molecular weight excluding hydrogens is 318 g/mol. The van der Waals surface area contributed by atoms with E-state index in [1.807, 2.05) is 13.8 Å². The average molecular weight is 338 g/mol. The summed E-state index contributed by atoms with van der Waals surface area (Å²) >= 11 is 1.19. The number of carbonyl (C=O) groups excluding carboxylic acids is 1. The van der Waals surface area contributed by atoms with Gasteiger partial charge in [-0.3, -0.25) is 4.79 Å². The molecule has 8 heteroatoms. The van der Waals surface area contributed by atoms with E-state index in [2.05, 4.69) is 10.9 Å². The molecule has 0 fully saturated rings. The number of carbonyl (C=O) groups is 1. The van der Waals surface area contributed by atoms with Gasteiger partial charge in [0.1, 0.15) is 4.21 Å². The lowest BCUT2D eigenvalue weighted by molar-refractivity contribution is -0.119. The van der Waals surface area contributed by atoms with Crippen molar-refractivity contribution in [2.75, 3.05) is 0 Å². The van der Waals surface area contributed by atoms with Crippen LogP contribution in [-0.2, 0) is 14.7 Å². The smallest absolute Gasteiger partial charge is 0.271 e. The molecule has 0 radical (unpaired) electrons. The zero-order valence-electron chi connectivity index (χ0n) is 11.4. The van der Waals surface area contributed by atoms with Crippen LogP contribution < -0.4 is 10.9 Å². The molecule has 0 aliphatic heterocycles. The van der Waals surface area contributed by atoms with Crippen molar-refractivity contribution in [1.82, 2.24) is 0 Å². The van der Waals surface area contributed by atoms with Crippen LogP contribution in [-0.4, -0.2) is 16.2 Å². The SMILES string of the molecule is C=Cc1ccsc1S(N)(=O)=NC(=O)[C@@H](N)CC(C)C.Cl. The summed E-state index contributed by atoms with van der Waals surface area (Å²) in [5.41, 5.74) is 6.34. The molecule has 0 saturated carbocycles. The average Bonchev–Trinajstić information content (AvgIpc) is 2.76. The third-order valence-electron chi connectivity index (χ3n) is 2.41. The second kappa shape index (κ2) is 7.90. The number of thiophene rings is 1. The van der Waals surface area contributed by atoms with E-state index in [1.54, 1.807) is 11.4 Å². The third kappa shape index (κ3) is 4.99. The Labute approximate surface area is 130 Å². The topological polar surface area (TPSA) is 98.5 Å². The van der Waals surface area contributed by atoms with Gasteiger partial charge in [-0.1, -0.05) is 26.5 Å². The summed E-state index contributed by atoms with van der Waals surface area (Å²) in [6.07, 6.45) is 2.02. The lowest BCUT2D eigenvalue weighted by Crippen LogP contribution is -2.32. The standard InChI is InChI=1S/C12H19N3O2S2.ClH/c1-4-9-5-6-18-12(9)19(14,17)15-11(16)10(13)7-8(2)3;/h4-6,8,10H,1,7,13H2,2-3H3,(H2,14,15,16,17);1H/t10-,19?;/m0./s1. The Balaban J connectivity index is 0.00000361. The second-order valence-corrected chi connectivity index (χ2v) is 7.50. The molecule has 2 atom stereocenters. The van der Waals surface area contributed by atoms with E-state index in [9.17, 15) is 9.00 Å². The van der Waals surface area contributed by atoms with Crippen LogP contribution in [0.2, 0.25) is 0 Å². The maximum atomic E-state index is 12.3. The van der Waals surface area contributed by atoms with Gasteiger partial charge in [0.05, 0.1) is 6.04 Å². The third-order valence-corrected chi connectivity index (χ3v) is 5.36. The number of amides is 1. The van der Waals surface area contributed by atoms with Gasteiger partial charge < -0.3 is 5.73 Å². The normalized spacial score (nSPS) is 15.1. The second-order valence-electron chi connectivity index (χ2n) is 4.60. The summed E-state index contributed by atoms with van der Waals surface area (Å²) in [7, 11) is -3.25. The first-order valence-electron chi connectivity index (χ1n) is 5.82. The van der Waals surface area contributed by atoms with Crippen LogP contribution in [0.3, 0.4) is 0 Å². The van der Waals surface area contributed by atoms with Crippen molar-refractivity contribution in [1.29, 1.82) is 0 Å². The summed E-state index contributed by atoms with van der Waals surface area (Å²) < 4.78 is 16.3. The Morgan fingerprint density at radius 3 is 2.70 bits per heavy atom. The molecule has 0 spiro atoms. The minimum absolute atomic E-state index is 0. The van der Waals surface area contributed by atoms with Gasteiger partial charge in [-0.2, -0.15) is 0 Å². The monoisotopic (exact) mass is 337 g/mol. The van der Waals surface area contributed by atoms with Gasteiger partial charge in [-0.15, -0.1) is 28.1 Å². The number of halogens is 1. The van der Waals surface area contributed by atoms with Crippen molar-refractivity contribution in [2.24, 2.45) is 21.2 Å². The Morgan fingerprint density at radius 2 is 2.20 bits per heavy atom. The van der Waals surface area contributed by atoms with E-state index in [4.69, 9.17) is 10.9 Å². The van der Waals surface area contributed by atoms with E-state index in [0.717, 1.165) is 0 Å². The molecule has 4 N–H and O–H groups in total. The number of hydrogen-bond donors (Lipinski definition) is 2. The van der Waals surface area contributed by atoms with Crippen LogP contribution in [0.15, 0.2) is 26.6 Å². The zero-order valence-corrected chi connectivity index (χ0v) is 13.9. The summed E-state index contributed by atoms with van der Waals surface area (Å²) in [6.45, 7) is 7.50. The van der Waals surface area contributed by atoms with E-state index < -0.39 is 21.9 Å². The molecule has 1 heterocycles. The highest BCUT2D eigenvalue weighted by Gasteiger charge is 2.19. The molecule has 1 unspecified atom stereocenters. The quantitative estimate of drug-likeness (QED) is 0.863. The summed E-state index contributed by atoms with van der Waals surface area (Å²) in [6, 6.07) is 0.963. The Kier molecular flexibility index (Phi) is 7.61. The molecular formula is C12H20ClN3O2S2. The lowest BCUT2D eigenvalue weighted by Gasteiger charge is -2.10. The van der Waals surface area contributed by atoms with Crippen LogP contribution >= 0.6 is 23.7 Å². The number of nitrogens with two attached hydrogens (primary N) is 2. The number of hydrogen-bond acceptors (Lipinski definition) is 4. The first-order chi connectivity index (χ1) is 8.77. The molecule has 1 aromatic heterocycles. The maximum absolute atomic E-state index is 12.3. The molecule has 1 amide bonds. The van der Waals surface area contributed by atoms with Crippen molar-refractivity contribution >= 4 is 45.6 Å². The Bertz CT molecular complexity index is 589. The fraction of sp³-hybridized carbons (Fsp3) is 0.417. The predicted molar refractivity (Wildman–Crippen MR) is 87.1 cm³/mol. The molecule has 114 valence electrons. The molecule has 20 heavy (non-hydrogen) atoms. The van der Waals surface area contributed by atoms with E-state index in [1.165, 1.54) is 17.4 Å².